The van der Waals surface area contributed by atoms with Crippen molar-refractivity contribution in [3.05, 3.63) is 64.5 Å². The Morgan fingerprint density at radius 1 is 1.10 bits per heavy atom. The first-order valence-electron chi connectivity index (χ1n) is 7.30. The van der Waals surface area contributed by atoms with Gasteiger partial charge < -0.3 is 5.11 Å². The van der Waals surface area contributed by atoms with Crippen LogP contribution in [0.25, 0.3) is 0 Å². The minimum absolute atomic E-state index is 0.461. The van der Waals surface area contributed by atoms with Crippen LogP contribution in [-0.2, 0) is 6.54 Å². The molecule has 0 aliphatic heterocycles. The molecule has 2 aromatic rings. The molecule has 112 valence electrons. The maximum absolute atomic E-state index is 10.6. The Hall–Kier alpha value is -1.71. The van der Waals surface area contributed by atoms with Gasteiger partial charge >= 0.3 is 0 Å². The van der Waals surface area contributed by atoms with Gasteiger partial charge in [0.2, 0.25) is 0 Å². The number of aliphatic hydroxyl groups excluding tert-OH is 1. The van der Waals surface area contributed by atoms with Crippen LogP contribution in [0, 0.1) is 20.8 Å². The molecule has 0 saturated heterocycles. The second-order valence-corrected chi connectivity index (χ2v) is 5.88. The monoisotopic (exact) mass is 284 g/mol. The van der Waals surface area contributed by atoms with Gasteiger partial charge in [0.25, 0.3) is 0 Å². The van der Waals surface area contributed by atoms with E-state index in [2.05, 4.69) is 42.8 Å². The first kappa shape index (κ1) is 15.7. The van der Waals surface area contributed by atoms with Crippen LogP contribution in [0.5, 0.6) is 0 Å². The Kier molecular flexibility index (Phi) is 5.10. The van der Waals surface area contributed by atoms with Crippen molar-refractivity contribution < 1.29 is 5.11 Å². The number of hydrogen-bond donors (Lipinski definition) is 1. The highest BCUT2D eigenvalue weighted by molar-refractivity contribution is 5.39. The van der Waals surface area contributed by atoms with Gasteiger partial charge in [-0.3, -0.25) is 9.88 Å². The molecule has 3 nitrogen and oxygen atoms in total. The highest BCUT2D eigenvalue weighted by Crippen LogP contribution is 2.24. The Morgan fingerprint density at radius 3 is 2.24 bits per heavy atom. The molecule has 1 heterocycles. The molecule has 1 aromatic heterocycles. The zero-order valence-electron chi connectivity index (χ0n) is 13.3. The molecule has 1 unspecified atom stereocenters. The lowest BCUT2D eigenvalue weighted by Crippen LogP contribution is -2.25. The Labute approximate surface area is 127 Å². The van der Waals surface area contributed by atoms with Crippen molar-refractivity contribution >= 4 is 0 Å². The Bertz CT molecular complexity index is 572. The van der Waals surface area contributed by atoms with Gasteiger partial charge in [0.05, 0.1) is 6.10 Å². The van der Waals surface area contributed by atoms with Gasteiger partial charge in [-0.2, -0.15) is 0 Å². The number of nitrogens with zero attached hydrogens (tertiary/aromatic N) is 2. The third-order valence-corrected chi connectivity index (χ3v) is 3.76. The van der Waals surface area contributed by atoms with E-state index in [0.29, 0.717) is 6.54 Å². The van der Waals surface area contributed by atoms with Crippen molar-refractivity contribution in [2.75, 3.05) is 13.6 Å². The lowest BCUT2D eigenvalue weighted by molar-refractivity contribution is 0.122. The summed E-state index contributed by atoms with van der Waals surface area (Å²) < 4.78 is 0. The molecule has 3 heteroatoms. The van der Waals surface area contributed by atoms with Gasteiger partial charge in [-0.05, 0) is 62.2 Å². The van der Waals surface area contributed by atoms with Crippen LogP contribution < -0.4 is 0 Å². The van der Waals surface area contributed by atoms with Gasteiger partial charge in [0.15, 0.2) is 0 Å². The Morgan fingerprint density at radius 2 is 1.67 bits per heavy atom. The number of benzene rings is 1. The fraction of sp³-hybridized carbons (Fsp3) is 0.389. The summed E-state index contributed by atoms with van der Waals surface area (Å²) in [6.45, 7) is 7.66. The summed E-state index contributed by atoms with van der Waals surface area (Å²) in [6.07, 6.45) is 3.14. The first-order chi connectivity index (χ1) is 9.97. The number of rotatable bonds is 5. The molecule has 0 spiro atoms. The highest BCUT2D eigenvalue weighted by atomic mass is 16.3. The van der Waals surface area contributed by atoms with E-state index >= 15 is 0 Å². The van der Waals surface area contributed by atoms with Crippen molar-refractivity contribution in [1.82, 2.24) is 9.88 Å². The van der Waals surface area contributed by atoms with Crippen molar-refractivity contribution in [2.45, 2.75) is 33.4 Å². The summed E-state index contributed by atoms with van der Waals surface area (Å²) in [4.78, 5) is 6.16. The average Bonchev–Trinajstić information content (AvgIpc) is 2.38. The predicted molar refractivity (Wildman–Crippen MR) is 86.2 cm³/mol. The normalized spacial score (nSPS) is 12.7. The second kappa shape index (κ2) is 6.83. The number of aromatic nitrogens is 1. The molecule has 0 aliphatic carbocycles. The topological polar surface area (TPSA) is 36.4 Å². The number of hydrogen-bond acceptors (Lipinski definition) is 3. The molecular weight excluding hydrogens is 260 g/mol. The van der Waals surface area contributed by atoms with E-state index in [-0.39, 0.29) is 0 Å². The quantitative estimate of drug-likeness (QED) is 0.916. The molecule has 0 amide bonds. The summed E-state index contributed by atoms with van der Waals surface area (Å²) >= 11 is 0. The molecule has 1 aromatic carbocycles. The molecule has 0 bridgehead atoms. The lowest BCUT2D eigenvalue weighted by atomic mass is 9.95. The maximum atomic E-state index is 10.6. The van der Waals surface area contributed by atoms with Crippen LogP contribution in [0.1, 0.15) is 33.9 Å². The van der Waals surface area contributed by atoms with Crippen LogP contribution in [0.15, 0.2) is 36.7 Å². The van der Waals surface area contributed by atoms with Gasteiger partial charge in [0.1, 0.15) is 0 Å². The smallest absolute Gasteiger partial charge is 0.0922 e. The SMILES string of the molecule is Cc1cc(C)c(C(O)CN(C)Cc2ccncc2)c(C)c1. The van der Waals surface area contributed by atoms with Gasteiger partial charge in [0, 0.05) is 25.5 Å². The van der Waals surface area contributed by atoms with Gasteiger partial charge in [-0.1, -0.05) is 17.7 Å². The molecule has 0 saturated carbocycles. The summed E-state index contributed by atoms with van der Waals surface area (Å²) in [5.74, 6) is 0. The fourth-order valence-corrected chi connectivity index (χ4v) is 2.97. The molecule has 0 fully saturated rings. The van der Waals surface area contributed by atoms with E-state index < -0.39 is 6.10 Å². The van der Waals surface area contributed by atoms with E-state index in [9.17, 15) is 5.11 Å². The molecule has 0 aliphatic rings. The van der Waals surface area contributed by atoms with E-state index in [4.69, 9.17) is 0 Å². The van der Waals surface area contributed by atoms with Crippen LogP contribution in [0.2, 0.25) is 0 Å². The third-order valence-electron chi connectivity index (χ3n) is 3.76. The summed E-state index contributed by atoms with van der Waals surface area (Å²) in [7, 11) is 2.03. The van der Waals surface area contributed by atoms with Crippen LogP contribution in [0.3, 0.4) is 0 Å². The van der Waals surface area contributed by atoms with Crippen molar-refractivity contribution in [3.63, 3.8) is 0 Å². The number of aliphatic hydroxyl groups is 1. The number of pyridine rings is 1. The van der Waals surface area contributed by atoms with Crippen LogP contribution in [-0.4, -0.2) is 28.6 Å². The molecule has 1 N–H and O–H groups in total. The zero-order valence-corrected chi connectivity index (χ0v) is 13.3. The standard InChI is InChI=1S/C18H24N2O/c1-13-9-14(2)18(15(3)10-13)17(21)12-20(4)11-16-5-7-19-8-6-16/h5-10,17,21H,11-12H2,1-4H3. The van der Waals surface area contributed by atoms with E-state index in [1.165, 1.54) is 11.1 Å². The average molecular weight is 284 g/mol. The van der Waals surface area contributed by atoms with Crippen molar-refractivity contribution in [1.29, 1.82) is 0 Å². The first-order valence-corrected chi connectivity index (χ1v) is 7.30. The summed E-state index contributed by atoms with van der Waals surface area (Å²) in [6, 6.07) is 8.28. The molecule has 0 radical (unpaired) electrons. The van der Waals surface area contributed by atoms with Gasteiger partial charge in [-0.25, -0.2) is 0 Å². The van der Waals surface area contributed by atoms with Gasteiger partial charge in [-0.15, -0.1) is 0 Å². The summed E-state index contributed by atoms with van der Waals surface area (Å²) in [5.41, 5.74) is 5.83. The number of likely N-dealkylation sites (N-methyl/N-ethyl adjacent to an activating group) is 1. The van der Waals surface area contributed by atoms with Crippen LogP contribution >= 0.6 is 0 Å². The minimum atomic E-state index is -0.461. The Balaban J connectivity index is 2.06. The second-order valence-electron chi connectivity index (χ2n) is 5.88. The third kappa shape index (κ3) is 4.13. The predicted octanol–water partition coefficient (Wildman–Crippen LogP) is 3.17. The minimum Gasteiger partial charge on any atom is -0.387 e. The van der Waals surface area contributed by atoms with E-state index in [1.807, 2.05) is 19.2 Å². The molecule has 21 heavy (non-hydrogen) atoms. The van der Waals surface area contributed by atoms with E-state index in [1.54, 1.807) is 12.4 Å². The molecule has 2 rings (SSSR count). The maximum Gasteiger partial charge on any atom is 0.0922 e. The fourth-order valence-electron chi connectivity index (χ4n) is 2.97. The lowest BCUT2D eigenvalue weighted by Gasteiger charge is -2.23. The number of aryl methyl sites for hydroxylation is 3. The van der Waals surface area contributed by atoms with Crippen LogP contribution in [0.4, 0.5) is 0 Å². The molecular formula is C18H24N2O. The summed E-state index contributed by atoms with van der Waals surface area (Å²) in [5, 5.41) is 10.6. The van der Waals surface area contributed by atoms with Crippen molar-refractivity contribution in [3.8, 4) is 0 Å². The zero-order chi connectivity index (χ0) is 15.4. The van der Waals surface area contributed by atoms with Crippen molar-refractivity contribution in [2.24, 2.45) is 0 Å². The largest absolute Gasteiger partial charge is 0.387 e. The highest BCUT2D eigenvalue weighted by Gasteiger charge is 2.16. The molecule has 1 atom stereocenters. The van der Waals surface area contributed by atoms with E-state index in [0.717, 1.165) is 23.2 Å².